The maximum atomic E-state index is 12.8. The van der Waals surface area contributed by atoms with Crippen LogP contribution in [-0.4, -0.2) is 29.0 Å². The Hall–Kier alpha value is -3.17. The van der Waals surface area contributed by atoms with E-state index in [1.807, 2.05) is 6.92 Å². The second-order valence-corrected chi connectivity index (χ2v) is 11.7. The maximum Gasteiger partial charge on any atom is 0.261 e. The largest absolute Gasteiger partial charge is 0.346 e. The molecule has 174 valence electrons. The van der Waals surface area contributed by atoms with Crippen molar-refractivity contribution in [2.24, 2.45) is 0 Å². The third-order valence-corrected chi connectivity index (χ3v) is 7.74. The number of rotatable bonds is 7. The van der Waals surface area contributed by atoms with Crippen molar-refractivity contribution in [2.45, 2.75) is 36.6 Å². The molecule has 0 heterocycles. The summed E-state index contributed by atoms with van der Waals surface area (Å²) in [6, 6.07) is 17.2. The monoisotopic (exact) mass is 486 g/mol. The fourth-order valence-electron chi connectivity index (χ4n) is 3.16. The minimum atomic E-state index is -3.81. The number of hydrogen-bond acceptors (Lipinski definition) is 5. The predicted octanol–water partition coefficient (Wildman–Crippen LogP) is 4.00. The van der Waals surface area contributed by atoms with Gasteiger partial charge < -0.3 is 5.32 Å². The molecule has 0 aliphatic carbocycles. The molecule has 0 saturated heterocycles. The van der Waals surface area contributed by atoms with E-state index in [2.05, 4.69) is 10.0 Å². The number of sulfone groups is 1. The zero-order chi connectivity index (χ0) is 24.4. The van der Waals surface area contributed by atoms with Crippen molar-refractivity contribution in [2.75, 3.05) is 11.0 Å². The molecule has 3 rings (SSSR count). The van der Waals surface area contributed by atoms with Gasteiger partial charge in [0.2, 0.25) is 0 Å². The standard InChI is InChI=1S/C24H26N2O5S2/c1-16-5-11-22(12-6-16)33(30,31)26-23-15-20(8-7-17(23)2)24(27)25-18(3)19-9-13-21(14-10-19)32(4,28)29/h5-15,18,26H,1-4H3,(H,25,27)/t18-/m1/s1. The summed E-state index contributed by atoms with van der Waals surface area (Å²) in [5.41, 5.74) is 2.97. The van der Waals surface area contributed by atoms with E-state index in [1.54, 1.807) is 50.2 Å². The molecule has 2 N–H and O–H groups in total. The summed E-state index contributed by atoms with van der Waals surface area (Å²) < 4.78 is 51.3. The van der Waals surface area contributed by atoms with E-state index in [4.69, 9.17) is 0 Å². The van der Waals surface area contributed by atoms with Crippen LogP contribution in [0.1, 0.15) is 40.0 Å². The molecule has 0 fully saturated rings. The van der Waals surface area contributed by atoms with E-state index in [9.17, 15) is 21.6 Å². The van der Waals surface area contributed by atoms with Crippen LogP contribution in [0.25, 0.3) is 0 Å². The van der Waals surface area contributed by atoms with Crippen molar-refractivity contribution in [3.8, 4) is 0 Å². The quantitative estimate of drug-likeness (QED) is 0.525. The minimum Gasteiger partial charge on any atom is -0.346 e. The maximum absolute atomic E-state index is 12.8. The van der Waals surface area contributed by atoms with Gasteiger partial charge in [-0.15, -0.1) is 0 Å². The van der Waals surface area contributed by atoms with Gasteiger partial charge in [-0.3, -0.25) is 9.52 Å². The Labute approximate surface area is 194 Å². The van der Waals surface area contributed by atoms with Crippen LogP contribution in [0.15, 0.2) is 76.5 Å². The van der Waals surface area contributed by atoms with Crippen LogP contribution in [-0.2, 0) is 19.9 Å². The van der Waals surface area contributed by atoms with Crippen LogP contribution >= 0.6 is 0 Å². The van der Waals surface area contributed by atoms with E-state index in [1.165, 1.54) is 30.3 Å². The first kappa shape index (κ1) is 24.5. The highest BCUT2D eigenvalue weighted by atomic mass is 32.2. The molecule has 0 radical (unpaired) electrons. The number of sulfonamides is 1. The Morgan fingerprint density at radius 2 is 1.39 bits per heavy atom. The molecule has 0 spiro atoms. The van der Waals surface area contributed by atoms with Gasteiger partial charge in [0.1, 0.15) is 0 Å². The molecular weight excluding hydrogens is 460 g/mol. The van der Waals surface area contributed by atoms with Gasteiger partial charge in [0.05, 0.1) is 21.5 Å². The number of nitrogens with one attached hydrogen (secondary N) is 2. The molecule has 3 aromatic rings. The second kappa shape index (κ2) is 9.36. The molecule has 33 heavy (non-hydrogen) atoms. The van der Waals surface area contributed by atoms with Crippen molar-refractivity contribution in [3.05, 3.63) is 89.0 Å². The lowest BCUT2D eigenvalue weighted by Gasteiger charge is -2.16. The second-order valence-electron chi connectivity index (χ2n) is 7.98. The van der Waals surface area contributed by atoms with Gasteiger partial charge in [0.25, 0.3) is 15.9 Å². The number of amides is 1. The summed E-state index contributed by atoms with van der Waals surface area (Å²) in [4.78, 5) is 13.1. The van der Waals surface area contributed by atoms with E-state index in [0.29, 0.717) is 16.8 Å². The molecule has 7 nitrogen and oxygen atoms in total. The van der Waals surface area contributed by atoms with Crippen LogP contribution in [0.5, 0.6) is 0 Å². The number of carbonyl (C=O) groups is 1. The Morgan fingerprint density at radius 3 is 1.97 bits per heavy atom. The number of anilines is 1. The highest BCUT2D eigenvalue weighted by molar-refractivity contribution is 7.92. The summed E-state index contributed by atoms with van der Waals surface area (Å²) in [6.07, 6.45) is 1.13. The van der Waals surface area contributed by atoms with Crippen LogP contribution in [0, 0.1) is 13.8 Å². The van der Waals surface area contributed by atoms with E-state index < -0.39 is 19.9 Å². The van der Waals surface area contributed by atoms with Gasteiger partial charge >= 0.3 is 0 Å². The zero-order valence-electron chi connectivity index (χ0n) is 18.8. The first-order chi connectivity index (χ1) is 15.4. The van der Waals surface area contributed by atoms with Crippen molar-refractivity contribution < 1.29 is 21.6 Å². The van der Waals surface area contributed by atoms with Gasteiger partial charge in [0, 0.05) is 11.8 Å². The molecule has 3 aromatic carbocycles. The summed E-state index contributed by atoms with van der Waals surface area (Å²) in [6.45, 7) is 5.40. The summed E-state index contributed by atoms with van der Waals surface area (Å²) >= 11 is 0. The van der Waals surface area contributed by atoms with E-state index in [0.717, 1.165) is 17.4 Å². The highest BCUT2D eigenvalue weighted by Gasteiger charge is 2.18. The predicted molar refractivity (Wildman–Crippen MR) is 129 cm³/mol. The Bertz CT molecular complexity index is 1380. The molecule has 9 heteroatoms. The summed E-state index contributed by atoms with van der Waals surface area (Å²) in [7, 11) is -7.11. The fraction of sp³-hybridized carbons (Fsp3) is 0.208. The third-order valence-electron chi connectivity index (χ3n) is 5.23. The molecule has 1 atom stereocenters. The normalized spacial score (nSPS) is 12.7. The smallest absolute Gasteiger partial charge is 0.261 e. The highest BCUT2D eigenvalue weighted by Crippen LogP contribution is 2.23. The van der Waals surface area contributed by atoms with E-state index >= 15 is 0 Å². The third kappa shape index (κ3) is 6.00. The average Bonchev–Trinajstić information content (AvgIpc) is 2.75. The van der Waals surface area contributed by atoms with Gasteiger partial charge in [-0.05, 0) is 68.3 Å². The van der Waals surface area contributed by atoms with Crippen molar-refractivity contribution >= 4 is 31.5 Å². The average molecular weight is 487 g/mol. The molecule has 0 aliphatic rings. The lowest BCUT2D eigenvalue weighted by molar-refractivity contribution is 0.0940. The SMILES string of the molecule is Cc1ccc(S(=O)(=O)Nc2cc(C(=O)N[C@H](C)c3ccc(S(C)(=O)=O)cc3)ccc2C)cc1. The van der Waals surface area contributed by atoms with Crippen molar-refractivity contribution in [1.82, 2.24) is 5.32 Å². The molecular formula is C24H26N2O5S2. The van der Waals surface area contributed by atoms with Crippen LogP contribution in [0.4, 0.5) is 5.69 Å². The number of benzene rings is 3. The summed E-state index contributed by atoms with van der Waals surface area (Å²) in [5.74, 6) is -0.384. The number of aryl methyl sites for hydroxylation is 2. The first-order valence-electron chi connectivity index (χ1n) is 10.2. The fourth-order valence-corrected chi connectivity index (χ4v) is 4.91. The lowest BCUT2D eigenvalue weighted by atomic mass is 10.1. The van der Waals surface area contributed by atoms with Gasteiger partial charge in [0.15, 0.2) is 9.84 Å². The molecule has 1 amide bonds. The molecule has 0 aliphatic heterocycles. The van der Waals surface area contributed by atoms with Crippen LogP contribution in [0.2, 0.25) is 0 Å². The molecule has 0 bridgehead atoms. The molecule has 0 aromatic heterocycles. The lowest BCUT2D eigenvalue weighted by Crippen LogP contribution is -2.27. The van der Waals surface area contributed by atoms with Gasteiger partial charge in [-0.2, -0.15) is 0 Å². The number of hydrogen-bond donors (Lipinski definition) is 2. The first-order valence-corrected chi connectivity index (χ1v) is 13.6. The van der Waals surface area contributed by atoms with Crippen molar-refractivity contribution in [3.63, 3.8) is 0 Å². The van der Waals surface area contributed by atoms with E-state index in [-0.39, 0.29) is 21.7 Å². The topological polar surface area (TPSA) is 109 Å². The zero-order valence-corrected chi connectivity index (χ0v) is 20.4. The number of carbonyl (C=O) groups excluding carboxylic acids is 1. The Balaban J connectivity index is 1.78. The minimum absolute atomic E-state index is 0.133. The van der Waals surface area contributed by atoms with Crippen LogP contribution < -0.4 is 10.0 Å². The molecule has 0 saturated carbocycles. The van der Waals surface area contributed by atoms with Gasteiger partial charge in [-0.25, -0.2) is 16.8 Å². The Kier molecular flexibility index (Phi) is 6.94. The van der Waals surface area contributed by atoms with Crippen molar-refractivity contribution in [1.29, 1.82) is 0 Å². The van der Waals surface area contributed by atoms with Crippen LogP contribution in [0.3, 0.4) is 0 Å². The molecule has 0 unspecified atom stereocenters. The Morgan fingerprint density at radius 1 is 0.818 bits per heavy atom. The summed E-state index contributed by atoms with van der Waals surface area (Å²) in [5, 5.41) is 2.85. The van der Waals surface area contributed by atoms with Gasteiger partial charge in [-0.1, -0.05) is 35.9 Å².